The number of hydrogen-bond donors (Lipinski definition) is 1. The van der Waals surface area contributed by atoms with E-state index in [1.54, 1.807) is 0 Å². The molecule has 70 valence electrons. The third-order valence-corrected chi connectivity index (χ3v) is 1.50. The zero-order valence-corrected chi connectivity index (χ0v) is 6.67. The van der Waals surface area contributed by atoms with Crippen molar-refractivity contribution < 1.29 is 19.4 Å². The fraction of sp³-hybridized carbons (Fsp3) is 0. The van der Waals surface area contributed by atoms with E-state index < -0.39 is 11.9 Å². The molecular formula is C7H3N3O4. The fourth-order valence-electron chi connectivity index (χ4n) is 0.997. The normalized spacial score (nSPS) is 16.6. The highest BCUT2D eigenvalue weighted by molar-refractivity contribution is 6.03. The molecule has 0 unspecified atom stereocenters. The molecule has 0 aromatic carbocycles. The van der Waals surface area contributed by atoms with Gasteiger partial charge in [-0.05, 0) is 0 Å². The number of cyclic esters (lactones) is 1. The van der Waals surface area contributed by atoms with Crippen molar-refractivity contribution >= 4 is 17.7 Å². The molecule has 0 aliphatic carbocycles. The molecule has 1 aliphatic heterocycles. The van der Waals surface area contributed by atoms with Gasteiger partial charge in [-0.3, -0.25) is 0 Å². The monoisotopic (exact) mass is 193 g/mol. The second-order valence-corrected chi connectivity index (χ2v) is 2.39. The van der Waals surface area contributed by atoms with Gasteiger partial charge in [-0.1, -0.05) is 0 Å². The van der Waals surface area contributed by atoms with Gasteiger partial charge in [0.1, 0.15) is 6.33 Å². The van der Waals surface area contributed by atoms with E-state index in [1.165, 1.54) is 0 Å². The van der Waals surface area contributed by atoms with Gasteiger partial charge in [0.25, 0.3) is 0 Å². The molecular weight excluding hydrogens is 190 g/mol. The minimum atomic E-state index is -1.23. The van der Waals surface area contributed by atoms with E-state index in [4.69, 9.17) is 5.11 Å². The van der Waals surface area contributed by atoms with Gasteiger partial charge in [0.2, 0.25) is 0 Å². The van der Waals surface area contributed by atoms with Crippen molar-refractivity contribution in [2.24, 2.45) is 0 Å². The number of rotatable bonds is 1. The van der Waals surface area contributed by atoms with Crippen molar-refractivity contribution in [2.45, 2.75) is 0 Å². The summed E-state index contributed by atoms with van der Waals surface area (Å²) in [6, 6.07) is 0. The molecule has 1 aliphatic rings. The first-order valence-corrected chi connectivity index (χ1v) is 3.53. The molecule has 0 fully saturated rings. The maximum atomic E-state index is 11.1. The Kier molecular flexibility index (Phi) is 1.70. The quantitative estimate of drug-likeness (QED) is 0.472. The van der Waals surface area contributed by atoms with Gasteiger partial charge in [-0.25, -0.2) is 14.6 Å². The van der Waals surface area contributed by atoms with Crippen LogP contribution in [0.3, 0.4) is 0 Å². The Morgan fingerprint density at radius 3 is 3.00 bits per heavy atom. The zero-order valence-electron chi connectivity index (χ0n) is 6.67. The summed E-state index contributed by atoms with van der Waals surface area (Å²) in [6.07, 6.45) is 1.82. The maximum absolute atomic E-state index is 11.1. The molecule has 1 aromatic heterocycles. The number of carboxylic acids is 1. The van der Waals surface area contributed by atoms with Crippen molar-refractivity contribution in [1.82, 2.24) is 15.2 Å². The van der Waals surface area contributed by atoms with Gasteiger partial charge in [-0.15, -0.1) is 10.2 Å². The van der Waals surface area contributed by atoms with Gasteiger partial charge in [0.15, 0.2) is 17.1 Å². The van der Waals surface area contributed by atoms with Crippen LogP contribution in [0.4, 0.5) is 0 Å². The van der Waals surface area contributed by atoms with Gasteiger partial charge in [-0.2, -0.15) is 0 Å². The largest absolute Gasteiger partial charge is 0.478 e. The molecule has 0 spiro atoms. The molecule has 0 saturated carbocycles. The van der Waals surface area contributed by atoms with Crippen molar-refractivity contribution in [1.29, 1.82) is 0 Å². The summed E-state index contributed by atoms with van der Waals surface area (Å²) < 4.78 is 4.62. The topological polar surface area (TPSA) is 102 Å². The molecule has 7 nitrogen and oxygen atoms in total. The lowest BCUT2D eigenvalue weighted by Gasteiger charge is -1.91. The molecule has 0 atom stereocenters. The number of aromatic nitrogens is 3. The molecule has 0 saturated heterocycles. The third-order valence-electron chi connectivity index (χ3n) is 1.50. The van der Waals surface area contributed by atoms with E-state index in [0.29, 0.717) is 0 Å². The second-order valence-electron chi connectivity index (χ2n) is 2.39. The van der Waals surface area contributed by atoms with Crippen LogP contribution in [0.25, 0.3) is 5.76 Å². The highest BCUT2D eigenvalue weighted by Crippen LogP contribution is 2.24. The van der Waals surface area contributed by atoms with Crippen LogP contribution in [0.1, 0.15) is 16.2 Å². The summed E-state index contributed by atoms with van der Waals surface area (Å²) in [5.74, 6) is -2.09. The Balaban J connectivity index is 2.54. The van der Waals surface area contributed by atoms with Crippen molar-refractivity contribution in [2.75, 3.05) is 0 Å². The molecule has 7 heteroatoms. The van der Waals surface area contributed by atoms with E-state index in [-0.39, 0.29) is 17.1 Å². The Labute approximate surface area is 77.1 Å². The summed E-state index contributed by atoms with van der Waals surface area (Å²) in [5, 5.41) is 15.4. The Morgan fingerprint density at radius 2 is 2.29 bits per heavy atom. The summed E-state index contributed by atoms with van der Waals surface area (Å²) in [4.78, 5) is 25.0. The molecule has 0 bridgehead atoms. The van der Waals surface area contributed by atoms with Crippen LogP contribution in [0.5, 0.6) is 0 Å². The van der Waals surface area contributed by atoms with Crippen LogP contribution < -0.4 is 0 Å². The van der Waals surface area contributed by atoms with Crippen LogP contribution in [-0.4, -0.2) is 32.2 Å². The number of carbonyl (C=O) groups is 2. The zero-order chi connectivity index (χ0) is 10.1. The van der Waals surface area contributed by atoms with E-state index in [0.717, 1.165) is 12.4 Å². The highest BCUT2D eigenvalue weighted by Gasteiger charge is 2.30. The number of nitrogens with zero attached hydrogens (tertiary/aromatic N) is 3. The molecule has 0 radical (unpaired) electrons. The molecule has 0 amide bonds. The number of aliphatic carboxylic acids is 1. The standard InChI is InChI=1S/C7H3N3O4/c11-4(12)1-3-5-6(7(13)14-3)8-2-9-10-5/h1-2H,(H,11,12). The SMILES string of the molecule is O=C(O)C=C1OC(=O)c2ncnnc21. The summed E-state index contributed by atoms with van der Waals surface area (Å²) in [7, 11) is 0. The van der Waals surface area contributed by atoms with Gasteiger partial charge >= 0.3 is 11.9 Å². The average molecular weight is 193 g/mol. The summed E-state index contributed by atoms with van der Waals surface area (Å²) in [5.41, 5.74) is 0.0346. The van der Waals surface area contributed by atoms with Gasteiger partial charge in [0.05, 0.1) is 6.08 Å². The third kappa shape index (κ3) is 1.20. The summed E-state index contributed by atoms with van der Waals surface area (Å²) in [6.45, 7) is 0. The molecule has 1 aromatic rings. The smallest absolute Gasteiger partial charge is 0.364 e. The number of hydrogen-bond acceptors (Lipinski definition) is 6. The molecule has 14 heavy (non-hydrogen) atoms. The lowest BCUT2D eigenvalue weighted by atomic mass is 10.3. The number of ether oxygens (including phenoxy) is 1. The van der Waals surface area contributed by atoms with Crippen LogP contribution >= 0.6 is 0 Å². The minimum absolute atomic E-state index is 0.0208. The van der Waals surface area contributed by atoms with E-state index >= 15 is 0 Å². The lowest BCUT2D eigenvalue weighted by molar-refractivity contribution is -0.131. The molecule has 2 heterocycles. The van der Waals surface area contributed by atoms with E-state index in [9.17, 15) is 9.59 Å². The van der Waals surface area contributed by atoms with E-state index in [1.807, 2.05) is 0 Å². The highest BCUT2D eigenvalue weighted by atomic mass is 16.5. The number of esters is 1. The lowest BCUT2D eigenvalue weighted by Crippen LogP contribution is -1.99. The van der Waals surface area contributed by atoms with Crippen molar-refractivity contribution in [3.63, 3.8) is 0 Å². The first kappa shape index (κ1) is 8.30. The van der Waals surface area contributed by atoms with Crippen molar-refractivity contribution in [3.05, 3.63) is 23.8 Å². The van der Waals surface area contributed by atoms with E-state index in [2.05, 4.69) is 19.9 Å². The predicted octanol–water partition coefficient (Wildman–Crippen LogP) is -0.532. The molecule has 2 rings (SSSR count). The van der Waals surface area contributed by atoms with Crippen molar-refractivity contribution in [3.8, 4) is 0 Å². The maximum Gasteiger partial charge on any atom is 0.364 e. The number of fused-ring (bicyclic) bond motifs is 1. The van der Waals surface area contributed by atoms with Crippen LogP contribution in [0.2, 0.25) is 0 Å². The second kappa shape index (κ2) is 2.87. The van der Waals surface area contributed by atoms with Crippen LogP contribution in [0, 0.1) is 0 Å². The minimum Gasteiger partial charge on any atom is -0.478 e. The summed E-state index contributed by atoms with van der Waals surface area (Å²) >= 11 is 0. The Morgan fingerprint density at radius 1 is 1.50 bits per heavy atom. The number of carbonyl (C=O) groups excluding carboxylic acids is 1. The Bertz CT molecular complexity index is 454. The average Bonchev–Trinajstić information content (AvgIpc) is 2.44. The first-order chi connectivity index (χ1) is 6.68. The predicted molar refractivity (Wildman–Crippen MR) is 40.9 cm³/mol. The Hall–Kier alpha value is -2.31. The fourth-order valence-corrected chi connectivity index (χ4v) is 0.997. The number of carboxylic acid groups (broad SMARTS) is 1. The molecule has 1 N–H and O–H groups in total. The van der Waals surface area contributed by atoms with Crippen LogP contribution in [-0.2, 0) is 9.53 Å². The first-order valence-electron chi connectivity index (χ1n) is 3.53. The van der Waals surface area contributed by atoms with Crippen LogP contribution in [0.15, 0.2) is 12.4 Å². The van der Waals surface area contributed by atoms with Gasteiger partial charge < -0.3 is 9.84 Å². The van der Waals surface area contributed by atoms with Gasteiger partial charge in [0, 0.05) is 0 Å².